The molecule has 100 valence electrons. The quantitative estimate of drug-likeness (QED) is 0.769. The highest BCUT2D eigenvalue weighted by Gasteiger charge is 2.11. The number of fused-ring (bicyclic) bond motifs is 1. The molecule has 1 aliphatic rings. The van der Waals surface area contributed by atoms with Crippen molar-refractivity contribution in [3.63, 3.8) is 0 Å². The Morgan fingerprint density at radius 1 is 1.32 bits per heavy atom. The predicted molar refractivity (Wildman–Crippen MR) is 71.5 cm³/mol. The fourth-order valence-electron chi connectivity index (χ4n) is 2.40. The Balaban J connectivity index is 1.72. The van der Waals surface area contributed by atoms with E-state index in [-0.39, 0.29) is 0 Å². The van der Waals surface area contributed by atoms with Crippen LogP contribution in [-0.4, -0.2) is 53.4 Å². The van der Waals surface area contributed by atoms with Crippen LogP contribution in [0.25, 0.3) is 5.65 Å². The SMILES string of the molecule is O=Cc1cccc2nc(CCN3CCOCC3)cn12. The smallest absolute Gasteiger partial charge is 0.166 e. The summed E-state index contributed by atoms with van der Waals surface area (Å²) in [6, 6.07) is 5.58. The monoisotopic (exact) mass is 259 g/mol. The van der Waals surface area contributed by atoms with Gasteiger partial charge in [0.05, 0.1) is 24.6 Å². The van der Waals surface area contributed by atoms with Crippen molar-refractivity contribution in [2.75, 3.05) is 32.8 Å². The largest absolute Gasteiger partial charge is 0.379 e. The van der Waals surface area contributed by atoms with Crippen molar-refractivity contribution >= 4 is 11.9 Å². The number of rotatable bonds is 4. The zero-order valence-corrected chi connectivity index (χ0v) is 10.8. The van der Waals surface area contributed by atoms with Gasteiger partial charge in [-0.1, -0.05) is 6.07 Å². The molecular formula is C14H17N3O2. The van der Waals surface area contributed by atoms with Crippen molar-refractivity contribution in [1.29, 1.82) is 0 Å². The molecule has 3 rings (SSSR count). The Morgan fingerprint density at radius 3 is 2.95 bits per heavy atom. The lowest BCUT2D eigenvalue weighted by Gasteiger charge is -2.26. The summed E-state index contributed by atoms with van der Waals surface area (Å²) in [4.78, 5) is 17.9. The molecular weight excluding hydrogens is 242 g/mol. The molecule has 0 N–H and O–H groups in total. The van der Waals surface area contributed by atoms with Crippen LogP contribution in [0.5, 0.6) is 0 Å². The predicted octanol–water partition coefficient (Wildman–Crippen LogP) is 1.02. The maximum Gasteiger partial charge on any atom is 0.166 e. The number of aromatic nitrogens is 2. The Labute approximate surface area is 111 Å². The first-order chi connectivity index (χ1) is 9.36. The highest BCUT2D eigenvalue weighted by Crippen LogP contribution is 2.09. The Hall–Kier alpha value is -1.72. The molecule has 5 nitrogen and oxygen atoms in total. The number of aldehydes is 1. The highest BCUT2D eigenvalue weighted by atomic mass is 16.5. The molecule has 2 aromatic rings. The molecule has 0 bridgehead atoms. The minimum Gasteiger partial charge on any atom is -0.379 e. The molecule has 0 radical (unpaired) electrons. The van der Waals surface area contributed by atoms with Crippen LogP contribution in [0.2, 0.25) is 0 Å². The first-order valence-electron chi connectivity index (χ1n) is 6.59. The van der Waals surface area contributed by atoms with Gasteiger partial charge in [-0.15, -0.1) is 0 Å². The van der Waals surface area contributed by atoms with E-state index in [1.807, 2.05) is 22.7 Å². The molecule has 0 aromatic carbocycles. The topological polar surface area (TPSA) is 46.8 Å². The second-order valence-electron chi connectivity index (χ2n) is 4.73. The van der Waals surface area contributed by atoms with Gasteiger partial charge in [-0.3, -0.25) is 14.1 Å². The summed E-state index contributed by atoms with van der Waals surface area (Å²) in [6.07, 6.45) is 3.72. The van der Waals surface area contributed by atoms with Crippen molar-refractivity contribution in [2.24, 2.45) is 0 Å². The number of carbonyl (C=O) groups excluding carboxylic acids is 1. The minimum absolute atomic E-state index is 0.641. The lowest BCUT2D eigenvalue weighted by atomic mass is 10.3. The number of hydrogen-bond donors (Lipinski definition) is 0. The number of nitrogens with zero attached hydrogens (tertiary/aromatic N) is 3. The first-order valence-corrected chi connectivity index (χ1v) is 6.59. The molecule has 0 aliphatic carbocycles. The van der Waals surface area contributed by atoms with Gasteiger partial charge in [0.1, 0.15) is 5.65 Å². The Bertz CT molecular complexity index is 573. The van der Waals surface area contributed by atoms with Crippen LogP contribution in [0.3, 0.4) is 0 Å². The lowest BCUT2D eigenvalue weighted by Crippen LogP contribution is -2.37. The van der Waals surface area contributed by atoms with Gasteiger partial charge in [-0.25, -0.2) is 4.98 Å². The average molecular weight is 259 g/mol. The summed E-state index contributed by atoms with van der Waals surface area (Å²) in [5, 5.41) is 0. The van der Waals surface area contributed by atoms with Crippen LogP contribution in [0.1, 0.15) is 16.2 Å². The number of ether oxygens (including phenoxy) is 1. The van der Waals surface area contributed by atoms with Crippen LogP contribution in [0, 0.1) is 0 Å². The fraction of sp³-hybridized carbons (Fsp3) is 0.429. The third kappa shape index (κ3) is 2.67. The van der Waals surface area contributed by atoms with Crippen molar-refractivity contribution in [3.8, 4) is 0 Å². The van der Waals surface area contributed by atoms with E-state index in [4.69, 9.17) is 4.74 Å². The molecule has 1 fully saturated rings. The molecule has 0 atom stereocenters. The fourth-order valence-corrected chi connectivity index (χ4v) is 2.40. The van der Waals surface area contributed by atoms with E-state index in [9.17, 15) is 4.79 Å². The zero-order valence-electron chi connectivity index (χ0n) is 10.8. The van der Waals surface area contributed by atoms with Gasteiger partial charge in [0.25, 0.3) is 0 Å². The van der Waals surface area contributed by atoms with E-state index in [1.54, 1.807) is 6.07 Å². The van der Waals surface area contributed by atoms with E-state index in [2.05, 4.69) is 9.88 Å². The molecule has 0 amide bonds. The van der Waals surface area contributed by atoms with Crippen LogP contribution in [0.15, 0.2) is 24.4 Å². The van der Waals surface area contributed by atoms with E-state index in [0.29, 0.717) is 5.69 Å². The normalized spacial score (nSPS) is 16.8. The first kappa shape index (κ1) is 12.3. The van der Waals surface area contributed by atoms with E-state index < -0.39 is 0 Å². The number of morpholine rings is 1. The van der Waals surface area contributed by atoms with Crippen LogP contribution in [-0.2, 0) is 11.2 Å². The summed E-state index contributed by atoms with van der Waals surface area (Å²) in [6.45, 7) is 4.62. The van der Waals surface area contributed by atoms with Gasteiger partial charge >= 0.3 is 0 Å². The van der Waals surface area contributed by atoms with Gasteiger partial charge in [0.15, 0.2) is 6.29 Å². The summed E-state index contributed by atoms with van der Waals surface area (Å²) >= 11 is 0. The summed E-state index contributed by atoms with van der Waals surface area (Å²) in [5.74, 6) is 0. The van der Waals surface area contributed by atoms with E-state index in [0.717, 1.165) is 56.9 Å². The summed E-state index contributed by atoms with van der Waals surface area (Å²) < 4.78 is 7.18. The van der Waals surface area contributed by atoms with Gasteiger partial charge in [0.2, 0.25) is 0 Å². The number of carbonyl (C=O) groups is 1. The van der Waals surface area contributed by atoms with Gasteiger partial charge < -0.3 is 4.74 Å². The number of pyridine rings is 1. The van der Waals surface area contributed by atoms with Crippen molar-refractivity contribution in [2.45, 2.75) is 6.42 Å². The molecule has 1 aliphatic heterocycles. The van der Waals surface area contributed by atoms with Crippen LogP contribution in [0.4, 0.5) is 0 Å². The maximum absolute atomic E-state index is 11.0. The number of hydrogen-bond acceptors (Lipinski definition) is 4. The average Bonchev–Trinajstić information content (AvgIpc) is 2.89. The molecule has 19 heavy (non-hydrogen) atoms. The zero-order chi connectivity index (χ0) is 13.1. The Kier molecular flexibility index (Phi) is 3.57. The second kappa shape index (κ2) is 5.50. The van der Waals surface area contributed by atoms with Gasteiger partial charge in [0, 0.05) is 32.3 Å². The minimum atomic E-state index is 0.641. The van der Waals surface area contributed by atoms with Crippen LogP contribution < -0.4 is 0 Å². The molecule has 5 heteroatoms. The van der Waals surface area contributed by atoms with Gasteiger partial charge in [-0.2, -0.15) is 0 Å². The molecule has 3 heterocycles. The maximum atomic E-state index is 11.0. The summed E-state index contributed by atoms with van der Waals surface area (Å²) in [5.41, 5.74) is 2.50. The van der Waals surface area contributed by atoms with E-state index in [1.165, 1.54) is 0 Å². The molecule has 2 aromatic heterocycles. The highest BCUT2D eigenvalue weighted by molar-refractivity contribution is 5.73. The summed E-state index contributed by atoms with van der Waals surface area (Å²) in [7, 11) is 0. The van der Waals surface area contributed by atoms with Crippen molar-refractivity contribution < 1.29 is 9.53 Å². The molecule has 0 unspecified atom stereocenters. The molecule has 0 saturated carbocycles. The molecule has 1 saturated heterocycles. The Morgan fingerprint density at radius 2 is 2.16 bits per heavy atom. The standard InChI is InChI=1S/C14H17N3O2/c18-11-13-2-1-3-14-15-12(10-17(13)14)4-5-16-6-8-19-9-7-16/h1-3,10-11H,4-9H2. The molecule has 0 spiro atoms. The van der Waals surface area contributed by atoms with Crippen molar-refractivity contribution in [1.82, 2.24) is 14.3 Å². The van der Waals surface area contributed by atoms with Crippen molar-refractivity contribution in [3.05, 3.63) is 35.8 Å². The second-order valence-corrected chi connectivity index (χ2v) is 4.73. The van der Waals surface area contributed by atoms with Gasteiger partial charge in [-0.05, 0) is 12.1 Å². The van der Waals surface area contributed by atoms with E-state index >= 15 is 0 Å². The number of imidazole rings is 1. The third-order valence-electron chi connectivity index (χ3n) is 3.48. The third-order valence-corrected chi connectivity index (χ3v) is 3.48. The van der Waals surface area contributed by atoms with Crippen LogP contribution >= 0.6 is 0 Å². The lowest BCUT2D eigenvalue weighted by molar-refractivity contribution is 0.0383.